The predicted octanol–water partition coefficient (Wildman–Crippen LogP) is 7.30. The number of hydrogen-bond acceptors (Lipinski definition) is 1. The highest BCUT2D eigenvalue weighted by Gasteiger charge is 2.58. The molecule has 148 valence electrons. The van der Waals surface area contributed by atoms with Crippen molar-refractivity contribution in [1.29, 1.82) is 0 Å². The number of unbranched alkanes of at least 4 members (excludes halogenated alkanes) is 7. The molecule has 0 heterocycles. The van der Waals surface area contributed by atoms with E-state index < -0.39 is 5.97 Å². The van der Waals surface area contributed by atoms with E-state index in [2.05, 4.69) is 31.2 Å². The van der Waals surface area contributed by atoms with Crippen LogP contribution in [0.25, 0.3) is 0 Å². The van der Waals surface area contributed by atoms with Gasteiger partial charge in [-0.25, -0.2) is 0 Å². The van der Waals surface area contributed by atoms with Gasteiger partial charge in [0.2, 0.25) is 0 Å². The van der Waals surface area contributed by atoms with E-state index in [1.165, 1.54) is 51.4 Å². The molecular formula is C24H40O2. The van der Waals surface area contributed by atoms with Crippen molar-refractivity contribution in [3.05, 3.63) is 24.3 Å². The molecule has 0 radical (unpaired) electrons. The van der Waals surface area contributed by atoms with Gasteiger partial charge in [-0.05, 0) is 76.0 Å². The van der Waals surface area contributed by atoms with Gasteiger partial charge in [-0.1, -0.05) is 63.3 Å². The summed E-state index contributed by atoms with van der Waals surface area (Å²) in [5, 5.41) is 9.83. The van der Waals surface area contributed by atoms with Gasteiger partial charge in [-0.15, -0.1) is 0 Å². The minimum absolute atomic E-state index is 0.344. The van der Waals surface area contributed by atoms with Crippen LogP contribution in [-0.4, -0.2) is 11.1 Å². The summed E-state index contributed by atoms with van der Waals surface area (Å²) in [5.41, 5.74) is -0.344. The molecule has 2 heteroatoms. The highest BCUT2D eigenvalue weighted by atomic mass is 16.4. The second-order valence-electron chi connectivity index (χ2n) is 8.52. The SMILES string of the molecule is CCCCC/C=C\C/C=C\CCCCCCC(C(=O)O)(C1CC1)C1CC1. The highest BCUT2D eigenvalue weighted by molar-refractivity contribution is 5.76. The molecule has 2 rings (SSSR count). The number of carboxylic acid groups (broad SMARTS) is 1. The summed E-state index contributed by atoms with van der Waals surface area (Å²) in [4.78, 5) is 11.9. The van der Waals surface area contributed by atoms with Gasteiger partial charge >= 0.3 is 5.97 Å². The van der Waals surface area contributed by atoms with Crippen molar-refractivity contribution in [3.8, 4) is 0 Å². The number of rotatable bonds is 16. The first-order valence-electron chi connectivity index (χ1n) is 11.2. The summed E-state index contributed by atoms with van der Waals surface area (Å²) >= 11 is 0. The van der Waals surface area contributed by atoms with E-state index in [-0.39, 0.29) is 5.41 Å². The lowest BCUT2D eigenvalue weighted by molar-refractivity contribution is -0.152. The normalized spacial score (nSPS) is 18.2. The Balaban J connectivity index is 1.49. The minimum Gasteiger partial charge on any atom is -0.481 e. The van der Waals surface area contributed by atoms with Crippen molar-refractivity contribution in [1.82, 2.24) is 0 Å². The summed E-state index contributed by atoms with van der Waals surface area (Å²) in [5.74, 6) is 0.490. The summed E-state index contributed by atoms with van der Waals surface area (Å²) in [7, 11) is 0. The molecule has 0 aromatic rings. The van der Waals surface area contributed by atoms with Crippen LogP contribution in [0.15, 0.2) is 24.3 Å². The van der Waals surface area contributed by atoms with Gasteiger partial charge in [0.05, 0.1) is 5.41 Å². The van der Waals surface area contributed by atoms with Crippen molar-refractivity contribution in [2.45, 2.75) is 103 Å². The predicted molar refractivity (Wildman–Crippen MR) is 110 cm³/mol. The summed E-state index contributed by atoms with van der Waals surface area (Å²) in [6, 6.07) is 0. The zero-order chi connectivity index (χ0) is 18.7. The largest absolute Gasteiger partial charge is 0.481 e. The van der Waals surface area contributed by atoms with E-state index in [0.29, 0.717) is 11.8 Å². The van der Waals surface area contributed by atoms with Gasteiger partial charge in [-0.3, -0.25) is 4.79 Å². The Kier molecular flexibility index (Phi) is 9.50. The van der Waals surface area contributed by atoms with Crippen LogP contribution < -0.4 is 0 Å². The number of carbonyl (C=O) groups is 1. The minimum atomic E-state index is -0.492. The number of allylic oxidation sites excluding steroid dienone is 4. The molecule has 0 aromatic heterocycles. The van der Waals surface area contributed by atoms with E-state index in [1.54, 1.807) is 0 Å². The Hall–Kier alpha value is -1.05. The van der Waals surface area contributed by atoms with E-state index in [9.17, 15) is 9.90 Å². The first-order valence-corrected chi connectivity index (χ1v) is 11.2. The molecule has 0 saturated heterocycles. The maximum atomic E-state index is 11.9. The fraction of sp³-hybridized carbons (Fsp3) is 0.792. The second-order valence-corrected chi connectivity index (χ2v) is 8.52. The number of carboxylic acids is 1. The molecule has 2 aliphatic carbocycles. The molecule has 0 amide bonds. The van der Waals surface area contributed by atoms with Crippen molar-refractivity contribution in [2.75, 3.05) is 0 Å². The lowest BCUT2D eigenvalue weighted by Crippen LogP contribution is -2.35. The zero-order valence-electron chi connectivity index (χ0n) is 16.9. The molecule has 2 nitrogen and oxygen atoms in total. The average molecular weight is 361 g/mol. The van der Waals surface area contributed by atoms with Crippen LogP contribution in [0.1, 0.15) is 103 Å². The first kappa shape index (κ1) is 21.3. The smallest absolute Gasteiger partial charge is 0.310 e. The first-order chi connectivity index (χ1) is 12.7. The Morgan fingerprint density at radius 3 is 1.88 bits per heavy atom. The van der Waals surface area contributed by atoms with Gasteiger partial charge in [0.15, 0.2) is 0 Å². The van der Waals surface area contributed by atoms with Crippen LogP contribution in [0.4, 0.5) is 0 Å². The van der Waals surface area contributed by atoms with E-state index in [4.69, 9.17) is 0 Å². The molecule has 0 aliphatic heterocycles. The molecule has 0 spiro atoms. The monoisotopic (exact) mass is 360 g/mol. The lowest BCUT2D eigenvalue weighted by atomic mass is 9.73. The van der Waals surface area contributed by atoms with Gasteiger partial charge in [-0.2, -0.15) is 0 Å². The fourth-order valence-electron chi connectivity index (χ4n) is 4.45. The molecule has 0 aromatic carbocycles. The van der Waals surface area contributed by atoms with Crippen LogP contribution in [0.2, 0.25) is 0 Å². The Morgan fingerprint density at radius 1 is 0.846 bits per heavy atom. The standard InChI is InChI=1S/C24H40O2/c1-2-3-4-5-6-7-8-9-10-11-12-13-14-15-20-24(23(25)26,21-16-17-21)22-18-19-22/h6-7,9-10,21-22H,2-5,8,11-20H2,1H3,(H,25,26)/b7-6-,10-9-. The summed E-state index contributed by atoms with van der Waals surface area (Å²) in [6.07, 6.45) is 26.9. The van der Waals surface area contributed by atoms with E-state index >= 15 is 0 Å². The van der Waals surface area contributed by atoms with Crippen LogP contribution >= 0.6 is 0 Å². The topological polar surface area (TPSA) is 37.3 Å². The Labute approximate surface area is 161 Å². The van der Waals surface area contributed by atoms with Gasteiger partial charge in [0.25, 0.3) is 0 Å². The Bertz CT molecular complexity index is 443. The van der Waals surface area contributed by atoms with Crippen LogP contribution in [0, 0.1) is 17.3 Å². The maximum Gasteiger partial charge on any atom is 0.310 e. The van der Waals surface area contributed by atoms with Crippen LogP contribution in [0.3, 0.4) is 0 Å². The van der Waals surface area contributed by atoms with Crippen molar-refractivity contribution in [2.24, 2.45) is 17.3 Å². The number of hydrogen-bond donors (Lipinski definition) is 1. The molecule has 0 atom stereocenters. The highest BCUT2D eigenvalue weighted by Crippen LogP contribution is 2.60. The van der Waals surface area contributed by atoms with E-state index in [0.717, 1.165) is 44.9 Å². The third kappa shape index (κ3) is 6.93. The summed E-state index contributed by atoms with van der Waals surface area (Å²) < 4.78 is 0. The molecular weight excluding hydrogens is 320 g/mol. The third-order valence-corrected chi connectivity index (χ3v) is 6.30. The fourth-order valence-corrected chi connectivity index (χ4v) is 4.45. The van der Waals surface area contributed by atoms with E-state index in [1.807, 2.05) is 0 Å². The third-order valence-electron chi connectivity index (χ3n) is 6.30. The Morgan fingerprint density at radius 2 is 1.38 bits per heavy atom. The molecule has 0 unspecified atom stereocenters. The quantitative estimate of drug-likeness (QED) is 0.231. The van der Waals surface area contributed by atoms with Crippen molar-refractivity contribution >= 4 is 5.97 Å². The van der Waals surface area contributed by atoms with Gasteiger partial charge in [0.1, 0.15) is 0 Å². The second kappa shape index (κ2) is 11.6. The van der Waals surface area contributed by atoms with Gasteiger partial charge in [0, 0.05) is 0 Å². The lowest BCUT2D eigenvalue weighted by Gasteiger charge is -2.29. The molecule has 26 heavy (non-hydrogen) atoms. The molecule has 2 fully saturated rings. The van der Waals surface area contributed by atoms with Crippen LogP contribution in [0.5, 0.6) is 0 Å². The molecule has 2 saturated carbocycles. The van der Waals surface area contributed by atoms with Crippen LogP contribution in [-0.2, 0) is 4.79 Å². The van der Waals surface area contributed by atoms with Crippen molar-refractivity contribution in [3.63, 3.8) is 0 Å². The molecule has 2 aliphatic rings. The van der Waals surface area contributed by atoms with Gasteiger partial charge < -0.3 is 5.11 Å². The van der Waals surface area contributed by atoms with Crippen molar-refractivity contribution < 1.29 is 9.90 Å². The maximum absolute atomic E-state index is 11.9. The molecule has 0 bridgehead atoms. The average Bonchev–Trinajstić information content (AvgIpc) is 3.51. The zero-order valence-corrected chi connectivity index (χ0v) is 16.9. The number of aliphatic carboxylic acids is 1. The molecule has 1 N–H and O–H groups in total. The summed E-state index contributed by atoms with van der Waals surface area (Å²) in [6.45, 7) is 2.25.